The molecule has 0 aliphatic carbocycles. The van der Waals surface area contributed by atoms with E-state index in [9.17, 15) is 13.9 Å². The largest absolute Gasteiger partial charge is 0.507 e. The number of phenolic OH excluding ortho intramolecular Hbond substituents is 1. The Morgan fingerprint density at radius 1 is 1.40 bits per heavy atom. The number of aryl methyl sites for hydroxylation is 1. The van der Waals surface area contributed by atoms with Crippen molar-refractivity contribution in [2.45, 2.75) is 25.7 Å². The van der Waals surface area contributed by atoms with Crippen molar-refractivity contribution in [2.75, 3.05) is 6.54 Å². The Morgan fingerprint density at radius 2 is 2.07 bits per heavy atom. The summed E-state index contributed by atoms with van der Waals surface area (Å²) in [5, 5.41) is 9.63. The summed E-state index contributed by atoms with van der Waals surface area (Å²) in [7, 11) is 0. The van der Waals surface area contributed by atoms with Crippen molar-refractivity contribution in [1.82, 2.24) is 0 Å². The van der Waals surface area contributed by atoms with Gasteiger partial charge in [0.2, 0.25) is 0 Å². The molecule has 4 heteroatoms. The minimum Gasteiger partial charge on any atom is -0.507 e. The van der Waals surface area contributed by atoms with Crippen LogP contribution in [0.1, 0.15) is 24.5 Å². The van der Waals surface area contributed by atoms with Crippen LogP contribution in [0.3, 0.4) is 0 Å². The average Bonchev–Trinajstić information content (AvgIpc) is 2.14. The molecule has 1 aromatic rings. The van der Waals surface area contributed by atoms with Gasteiger partial charge in [-0.1, -0.05) is 12.1 Å². The third-order valence-electron chi connectivity index (χ3n) is 2.24. The predicted octanol–water partition coefficient (Wildman–Crippen LogP) is 2.40. The topological polar surface area (TPSA) is 46.2 Å². The number of nitrogens with two attached hydrogens (primary N) is 1. The van der Waals surface area contributed by atoms with Crippen molar-refractivity contribution < 1.29 is 13.9 Å². The highest BCUT2D eigenvalue weighted by molar-refractivity contribution is 5.42. The molecule has 0 unspecified atom stereocenters. The molecule has 0 aliphatic rings. The first-order chi connectivity index (χ1) is 6.96. The van der Waals surface area contributed by atoms with Crippen molar-refractivity contribution in [1.29, 1.82) is 0 Å². The van der Waals surface area contributed by atoms with Crippen molar-refractivity contribution >= 4 is 0 Å². The Labute approximate surface area is 87.7 Å². The highest BCUT2D eigenvalue weighted by Crippen LogP contribution is 2.36. The first-order valence-electron chi connectivity index (χ1n) is 4.86. The lowest BCUT2D eigenvalue weighted by molar-refractivity contribution is 0.0150. The van der Waals surface area contributed by atoms with Gasteiger partial charge in [-0.3, -0.25) is 0 Å². The minimum absolute atomic E-state index is 0.307. The molecule has 0 atom stereocenters. The van der Waals surface area contributed by atoms with E-state index in [1.807, 2.05) is 0 Å². The second-order valence-electron chi connectivity index (χ2n) is 3.59. The first kappa shape index (κ1) is 11.9. The van der Waals surface area contributed by atoms with E-state index < -0.39 is 5.92 Å². The summed E-state index contributed by atoms with van der Waals surface area (Å²) in [4.78, 5) is 0. The fourth-order valence-electron chi connectivity index (χ4n) is 1.44. The van der Waals surface area contributed by atoms with Crippen LogP contribution in [0, 0.1) is 0 Å². The van der Waals surface area contributed by atoms with E-state index in [1.165, 1.54) is 12.1 Å². The molecule has 0 bridgehead atoms. The molecule has 0 aliphatic heterocycles. The van der Waals surface area contributed by atoms with Crippen LogP contribution in [0.25, 0.3) is 0 Å². The number of phenols is 1. The molecule has 3 N–H and O–H groups in total. The third-order valence-corrected chi connectivity index (χ3v) is 2.24. The molecular formula is C11H15F2NO. The molecule has 0 fully saturated rings. The number of halogens is 2. The number of alkyl halides is 2. The molecule has 1 aromatic carbocycles. The van der Waals surface area contributed by atoms with Gasteiger partial charge in [-0.2, -0.15) is 0 Å². The second kappa shape index (κ2) is 4.57. The van der Waals surface area contributed by atoms with Gasteiger partial charge in [0.25, 0.3) is 5.92 Å². The molecule has 15 heavy (non-hydrogen) atoms. The minimum atomic E-state index is -3.01. The van der Waals surface area contributed by atoms with Crippen molar-refractivity contribution in [3.63, 3.8) is 0 Å². The van der Waals surface area contributed by atoms with E-state index in [1.54, 1.807) is 6.07 Å². The van der Waals surface area contributed by atoms with E-state index in [2.05, 4.69) is 0 Å². The van der Waals surface area contributed by atoms with Crippen LogP contribution in [0.15, 0.2) is 18.2 Å². The van der Waals surface area contributed by atoms with Crippen LogP contribution in [0.4, 0.5) is 8.78 Å². The normalized spacial score (nSPS) is 11.7. The third kappa shape index (κ3) is 2.89. The maximum atomic E-state index is 13.0. The fourth-order valence-corrected chi connectivity index (χ4v) is 1.44. The quantitative estimate of drug-likeness (QED) is 0.810. The SMILES string of the molecule is CC(F)(F)c1cccc(CCCN)c1O. The van der Waals surface area contributed by atoms with Crippen LogP contribution >= 0.6 is 0 Å². The van der Waals surface area contributed by atoms with Crippen LogP contribution in [0.2, 0.25) is 0 Å². The van der Waals surface area contributed by atoms with Crippen LogP contribution < -0.4 is 5.73 Å². The van der Waals surface area contributed by atoms with Gasteiger partial charge in [-0.05, 0) is 31.0 Å². The summed E-state index contributed by atoms with van der Waals surface area (Å²) < 4.78 is 26.1. The molecule has 0 amide bonds. The first-order valence-corrected chi connectivity index (χ1v) is 4.86. The number of para-hydroxylation sites is 1. The highest BCUT2D eigenvalue weighted by atomic mass is 19.3. The molecule has 2 nitrogen and oxygen atoms in total. The Kier molecular flexibility index (Phi) is 3.63. The number of hydrogen-bond acceptors (Lipinski definition) is 2. The zero-order valence-electron chi connectivity index (χ0n) is 8.63. The maximum Gasteiger partial charge on any atom is 0.274 e. The van der Waals surface area contributed by atoms with Crippen molar-refractivity contribution in [3.05, 3.63) is 29.3 Å². The van der Waals surface area contributed by atoms with Crippen molar-refractivity contribution in [3.8, 4) is 5.75 Å². The number of hydrogen-bond donors (Lipinski definition) is 2. The molecule has 0 saturated carbocycles. The molecule has 0 heterocycles. The van der Waals surface area contributed by atoms with E-state index in [4.69, 9.17) is 5.73 Å². The predicted molar refractivity (Wildman–Crippen MR) is 55.1 cm³/mol. The van der Waals surface area contributed by atoms with E-state index >= 15 is 0 Å². The molecule has 1 rings (SSSR count). The molecule has 0 saturated heterocycles. The van der Waals surface area contributed by atoms with Gasteiger partial charge >= 0.3 is 0 Å². The molecule has 0 spiro atoms. The lowest BCUT2D eigenvalue weighted by atomic mass is 10.0. The van der Waals surface area contributed by atoms with E-state index in [0.29, 0.717) is 24.9 Å². The van der Waals surface area contributed by atoms with Crippen molar-refractivity contribution in [2.24, 2.45) is 5.73 Å². The zero-order valence-corrected chi connectivity index (χ0v) is 8.63. The summed E-state index contributed by atoms with van der Waals surface area (Å²) in [6.07, 6.45) is 1.19. The molecular weight excluding hydrogens is 200 g/mol. The number of benzene rings is 1. The monoisotopic (exact) mass is 215 g/mol. The number of aromatic hydroxyl groups is 1. The van der Waals surface area contributed by atoms with Crippen LogP contribution in [-0.2, 0) is 12.3 Å². The highest BCUT2D eigenvalue weighted by Gasteiger charge is 2.28. The zero-order chi connectivity index (χ0) is 11.5. The summed E-state index contributed by atoms with van der Waals surface area (Å²) in [5.74, 6) is -3.32. The van der Waals surface area contributed by atoms with Gasteiger partial charge in [-0.15, -0.1) is 0 Å². The molecule has 0 aromatic heterocycles. The summed E-state index contributed by atoms with van der Waals surface area (Å²) in [5.41, 5.74) is 5.53. The van der Waals surface area contributed by atoms with Gasteiger partial charge in [-0.25, -0.2) is 8.78 Å². The lowest BCUT2D eigenvalue weighted by Crippen LogP contribution is -2.08. The molecule has 84 valence electrons. The van der Waals surface area contributed by atoms with E-state index in [0.717, 1.165) is 6.92 Å². The summed E-state index contributed by atoms with van der Waals surface area (Å²) in [6, 6.07) is 4.40. The lowest BCUT2D eigenvalue weighted by Gasteiger charge is -2.14. The summed E-state index contributed by atoms with van der Waals surface area (Å²) in [6.45, 7) is 1.25. The van der Waals surface area contributed by atoms with Gasteiger partial charge in [0.15, 0.2) is 0 Å². The second-order valence-corrected chi connectivity index (χ2v) is 3.59. The van der Waals surface area contributed by atoms with Gasteiger partial charge in [0.05, 0.1) is 5.56 Å². The Balaban J connectivity index is 3.01. The van der Waals surface area contributed by atoms with Gasteiger partial charge in [0.1, 0.15) is 5.75 Å². The van der Waals surface area contributed by atoms with E-state index in [-0.39, 0.29) is 11.3 Å². The molecule has 0 radical (unpaired) electrons. The van der Waals surface area contributed by atoms with Crippen LogP contribution in [-0.4, -0.2) is 11.7 Å². The number of rotatable bonds is 4. The Morgan fingerprint density at radius 3 is 2.60 bits per heavy atom. The fraction of sp³-hybridized carbons (Fsp3) is 0.455. The smallest absolute Gasteiger partial charge is 0.274 e. The van der Waals surface area contributed by atoms with Gasteiger partial charge in [0, 0.05) is 6.92 Å². The average molecular weight is 215 g/mol. The maximum absolute atomic E-state index is 13.0. The summed E-state index contributed by atoms with van der Waals surface area (Å²) >= 11 is 0. The standard InChI is InChI=1S/C11H15F2NO/c1-11(12,13)9-6-2-4-8(10(9)15)5-3-7-14/h2,4,6,15H,3,5,7,14H2,1H3. The Bertz CT molecular complexity index is 334. The Hall–Kier alpha value is -1.16. The van der Waals surface area contributed by atoms with Gasteiger partial charge < -0.3 is 10.8 Å². The van der Waals surface area contributed by atoms with Crippen LogP contribution in [0.5, 0.6) is 5.75 Å².